The van der Waals surface area contributed by atoms with Gasteiger partial charge in [0.05, 0.1) is 12.2 Å². The maximum atomic E-state index is 13.0. The van der Waals surface area contributed by atoms with E-state index >= 15 is 0 Å². The van der Waals surface area contributed by atoms with Crippen molar-refractivity contribution in [2.75, 3.05) is 19.6 Å². The summed E-state index contributed by atoms with van der Waals surface area (Å²) in [6, 6.07) is 6.87. The van der Waals surface area contributed by atoms with Gasteiger partial charge in [-0.15, -0.1) is 0 Å². The van der Waals surface area contributed by atoms with E-state index in [1.165, 1.54) is 29.5 Å². The summed E-state index contributed by atoms with van der Waals surface area (Å²) in [5, 5.41) is 0. The molecule has 3 rings (SSSR count). The van der Waals surface area contributed by atoms with Crippen LogP contribution in [0.3, 0.4) is 0 Å². The van der Waals surface area contributed by atoms with Gasteiger partial charge in [0.1, 0.15) is 12.2 Å². The third-order valence-corrected chi connectivity index (χ3v) is 7.46. The highest BCUT2D eigenvalue weighted by Crippen LogP contribution is 2.29. The average molecular weight is 522 g/mol. The molecule has 0 radical (unpaired) electrons. The molecule has 1 aliphatic heterocycles. The van der Waals surface area contributed by atoms with Crippen molar-refractivity contribution in [3.63, 3.8) is 0 Å². The third-order valence-electron chi connectivity index (χ3n) is 7.46. The summed E-state index contributed by atoms with van der Waals surface area (Å²) < 4.78 is 5.74. The lowest BCUT2D eigenvalue weighted by atomic mass is 9.88. The minimum absolute atomic E-state index is 0.00844. The zero-order chi connectivity index (χ0) is 27.7. The molecule has 1 unspecified atom stereocenters. The summed E-state index contributed by atoms with van der Waals surface area (Å²) in [6.07, 6.45) is 11.4. The Morgan fingerprint density at radius 1 is 1.11 bits per heavy atom. The molecule has 6 nitrogen and oxygen atoms in total. The smallest absolute Gasteiger partial charge is 0.270 e. The van der Waals surface area contributed by atoms with Crippen LogP contribution in [0.5, 0.6) is 0 Å². The number of ether oxygens (including phenoxy) is 1. The van der Waals surface area contributed by atoms with Gasteiger partial charge < -0.3 is 15.4 Å². The van der Waals surface area contributed by atoms with E-state index in [4.69, 9.17) is 10.5 Å². The number of carbonyl (C=O) groups excluding carboxylic acids is 2. The van der Waals surface area contributed by atoms with Crippen molar-refractivity contribution >= 4 is 17.4 Å². The van der Waals surface area contributed by atoms with E-state index in [0.717, 1.165) is 49.8 Å². The number of morpholine rings is 1. The van der Waals surface area contributed by atoms with Crippen molar-refractivity contribution in [3.05, 3.63) is 58.3 Å². The van der Waals surface area contributed by atoms with E-state index in [1.54, 1.807) is 11.0 Å². The van der Waals surface area contributed by atoms with E-state index in [1.807, 2.05) is 19.9 Å². The highest BCUT2D eigenvalue weighted by Gasteiger charge is 2.30. The zero-order valence-corrected chi connectivity index (χ0v) is 24.1. The van der Waals surface area contributed by atoms with Crippen molar-refractivity contribution in [2.24, 2.45) is 10.7 Å². The first-order chi connectivity index (χ1) is 18.2. The summed E-state index contributed by atoms with van der Waals surface area (Å²) in [6.45, 7) is 11.7. The fourth-order valence-corrected chi connectivity index (χ4v) is 5.83. The van der Waals surface area contributed by atoms with Crippen molar-refractivity contribution in [1.82, 2.24) is 4.90 Å². The molecule has 1 aromatic rings. The van der Waals surface area contributed by atoms with E-state index < -0.39 is 0 Å². The summed E-state index contributed by atoms with van der Waals surface area (Å²) in [5.41, 5.74) is 12.3. The van der Waals surface area contributed by atoms with E-state index in [9.17, 15) is 9.59 Å². The number of ketones is 1. The van der Waals surface area contributed by atoms with Crippen LogP contribution in [0.15, 0.2) is 46.6 Å². The first-order valence-electron chi connectivity index (χ1n) is 14.4. The summed E-state index contributed by atoms with van der Waals surface area (Å²) in [7, 11) is 0. The Morgan fingerprint density at radius 3 is 2.45 bits per heavy atom. The molecule has 2 N–H and O–H groups in total. The SMILES string of the molecule is CCCC(CCC/C=C/C(=O)CN=C1CCC/C1=C(/N)C(=O)N1C[C@@H](C)O[C@@H](C)C1)c1cc(C)cc(C)c1. The molecule has 1 amide bonds. The number of aryl methyl sites for hydroxylation is 2. The fourth-order valence-electron chi connectivity index (χ4n) is 5.83. The van der Waals surface area contributed by atoms with Crippen molar-refractivity contribution in [1.29, 1.82) is 0 Å². The van der Waals surface area contributed by atoms with Gasteiger partial charge in [0.2, 0.25) is 0 Å². The van der Waals surface area contributed by atoms with Gasteiger partial charge in [0.25, 0.3) is 5.91 Å². The number of unbranched alkanes of at least 4 members (excludes halogenated alkanes) is 1. The van der Waals surface area contributed by atoms with Crippen LogP contribution in [0.4, 0.5) is 0 Å². The molecule has 1 aliphatic carbocycles. The molecule has 0 spiro atoms. The topological polar surface area (TPSA) is 85.0 Å². The van der Waals surface area contributed by atoms with Crippen molar-refractivity contribution in [3.8, 4) is 0 Å². The molecule has 0 aromatic heterocycles. The number of hydrogen-bond acceptors (Lipinski definition) is 5. The second-order valence-corrected chi connectivity index (χ2v) is 11.2. The normalized spacial score (nSPS) is 23.3. The van der Waals surface area contributed by atoms with Crippen molar-refractivity contribution in [2.45, 2.75) is 104 Å². The van der Waals surface area contributed by atoms with Crippen LogP contribution in [0.1, 0.15) is 94.7 Å². The van der Waals surface area contributed by atoms with Gasteiger partial charge in [-0.05, 0) is 90.2 Å². The van der Waals surface area contributed by atoms with Gasteiger partial charge in [0.15, 0.2) is 5.78 Å². The Labute approximate surface area is 229 Å². The van der Waals surface area contributed by atoms with Gasteiger partial charge in [-0.3, -0.25) is 14.6 Å². The van der Waals surface area contributed by atoms with Crippen LogP contribution in [-0.2, 0) is 14.3 Å². The molecule has 208 valence electrons. The van der Waals surface area contributed by atoms with E-state index in [2.05, 4.69) is 44.0 Å². The Morgan fingerprint density at radius 2 is 1.79 bits per heavy atom. The standard InChI is InChI=1S/C32H47N3O3/c1-6-11-26(27-17-22(2)16-23(3)18-27)12-8-7-9-13-28(36)19-34-30-15-10-14-29(30)31(33)32(37)35-20-24(4)38-25(5)21-35/h9,13,16-18,24-26H,6-8,10-12,14-15,19-21,33H2,1-5H3/b13-9+,31-29-,34-30?/t24-,25+,26?. The second kappa shape index (κ2) is 14.4. The number of amides is 1. The number of rotatable bonds is 11. The average Bonchev–Trinajstić information content (AvgIpc) is 3.33. The summed E-state index contributed by atoms with van der Waals surface area (Å²) in [5.74, 6) is 0.410. The Kier molecular flexibility index (Phi) is 11.3. The number of nitrogens with zero attached hydrogens (tertiary/aromatic N) is 2. The maximum Gasteiger partial charge on any atom is 0.270 e. The number of allylic oxidation sites excluding steroid dienone is 2. The number of nitrogens with two attached hydrogens (primary N) is 1. The quantitative estimate of drug-likeness (QED) is 0.288. The van der Waals surface area contributed by atoms with Gasteiger partial charge in [-0.2, -0.15) is 0 Å². The first kappa shape index (κ1) is 29.8. The molecule has 3 atom stereocenters. The first-order valence-corrected chi connectivity index (χ1v) is 14.4. The predicted molar refractivity (Wildman–Crippen MR) is 156 cm³/mol. The lowest BCUT2D eigenvalue weighted by Crippen LogP contribution is -2.49. The highest BCUT2D eigenvalue weighted by molar-refractivity contribution is 6.09. The number of hydrogen-bond donors (Lipinski definition) is 1. The molecule has 1 saturated carbocycles. The van der Waals surface area contributed by atoms with Gasteiger partial charge in [-0.1, -0.05) is 48.7 Å². The molecule has 6 heteroatoms. The highest BCUT2D eigenvalue weighted by atomic mass is 16.5. The summed E-state index contributed by atoms with van der Waals surface area (Å²) >= 11 is 0. The molecule has 1 heterocycles. The van der Waals surface area contributed by atoms with Gasteiger partial charge >= 0.3 is 0 Å². The van der Waals surface area contributed by atoms with E-state index in [0.29, 0.717) is 19.0 Å². The Bertz CT molecular complexity index is 1040. The molecule has 38 heavy (non-hydrogen) atoms. The molecule has 0 bridgehead atoms. The van der Waals surface area contributed by atoms with Gasteiger partial charge in [-0.25, -0.2) is 0 Å². The minimum atomic E-state index is -0.148. The number of carbonyl (C=O) groups is 2. The Balaban J connectivity index is 1.51. The lowest BCUT2D eigenvalue weighted by Gasteiger charge is -2.35. The fraction of sp³-hybridized carbons (Fsp3) is 0.594. The van der Waals surface area contributed by atoms with Gasteiger partial charge in [0, 0.05) is 24.4 Å². The largest absolute Gasteiger partial charge is 0.394 e. The minimum Gasteiger partial charge on any atom is -0.394 e. The zero-order valence-electron chi connectivity index (χ0n) is 24.1. The molecule has 1 saturated heterocycles. The number of benzene rings is 1. The van der Waals surface area contributed by atoms with Crippen LogP contribution in [-0.4, -0.2) is 54.1 Å². The Hall–Kier alpha value is -2.73. The van der Waals surface area contributed by atoms with Crippen LogP contribution in [0, 0.1) is 13.8 Å². The predicted octanol–water partition coefficient (Wildman–Crippen LogP) is 5.96. The lowest BCUT2D eigenvalue weighted by molar-refractivity contribution is -0.139. The van der Waals surface area contributed by atoms with Crippen molar-refractivity contribution < 1.29 is 14.3 Å². The van der Waals surface area contributed by atoms with Crippen LogP contribution in [0.25, 0.3) is 0 Å². The number of aliphatic imine (C=N–C) groups is 1. The molecular weight excluding hydrogens is 474 g/mol. The van der Waals surface area contributed by atoms with Crippen LogP contribution < -0.4 is 5.73 Å². The molecule has 2 aliphatic rings. The molecular formula is C32H47N3O3. The maximum absolute atomic E-state index is 13.0. The monoisotopic (exact) mass is 521 g/mol. The van der Waals surface area contributed by atoms with E-state index in [-0.39, 0.29) is 36.1 Å². The third kappa shape index (κ3) is 8.65. The molecule has 1 aromatic carbocycles. The van der Waals surface area contributed by atoms with Crippen LogP contribution >= 0.6 is 0 Å². The molecule has 2 fully saturated rings. The summed E-state index contributed by atoms with van der Waals surface area (Å²) in [4.78, 5) is 31.9. The second-order valence-electron chi connectivity index (χ2n) is 11.2. The van der Waals surface area contributed by atoms with Crippen LogP contribution in [0.2, 0.25) is 0 Å².